The van der Waals surface area contributed by atoms with Gasteiger partial charge in [0.25, 0.3) is 5.91 Å². The second-order valence-electron chi connectivity index (χ2n) is 3.25. The third-order valence-electron chi connectivity index (χ3n) is 2.24. The fourth-order valence-electron chi connectivity index (χ4n) is 1.43. The summed E-state index contributed by atoms with van der Waals surface area (Å²) in [6.07, 6.45) is 1.53. The normalized spacial score (nSPS) is 10.1. The van der Waals surface area contributed by atoms with Gasteiger partial charge in [-0.15, -0.1) is 0 Å². The van der Waals surface area contributed by atoms with Gasteiger partial charge in [-0.3, -0.25) is 4.79 Å². The second kappa shape index (κ2) is 4.18. The van der Waals surface area contributed by atoms with Crippen LogP contribution >= 0.6 is 0 Å². The van der Waals surface area contributed by atoms with Crippen LogP contribution in [-0.2, 0) is 0 Å². The summed E-state index contributed by atoms with van der Waals surface area (Å²) in [5.74, 6) is -0.397. The lowest BCUT2D eigenvalue weighted by Gasteiger charge is -2.03. The molecule has 1 heterocycles. The minimum Gasteiger partial charge on any atom is -0.464 e. The smallest absolute Gasteiger partial charge is 0.254 e. The van der Waals surface area contributed by atoms with Crippen LogP contribution in [0.25, 0.3) is 11.3 Å². The Morgan fingerprint density at radius 1 is 1.38 bits per heavy atom. The molecule has 0 aliphatic carbocycles. The highest BCUT2D eigenvalue weighted by Gasteiger charge is 2.12. The van der Waals surface area contributed by atoms with Crippen LogP contribution in [-0.4, -0.2) is 13.0 Å². The van der Waals surface area contributed by atoms with Crippen LogP contribution in [0.3, 0.4) is 0 Å². The lowest BCUT2D eigenvalue weighted by molar-refractivity contribution is 0.0959. The van der Waals surface area contributed by atoms with Crippen molar-refractivity contribution in [3.63, 3.8) is 0 Å². The van der Waals surface area contributed by atoms with Gasteiger partial charge in [-0.1, -0.05) is 0 Å². The van der Waals surface area contributed by atoms with Crippen LogP contribution in [0.2, 0.25) is 0 Å². The standard InChI is InChI=1S/C12H10FNO2/c1-14-12(15)9-7-8(4-5-10(9)13)11-3-2-6-16-11/h2-7H,1H3,(H,14,15). The zero-order chi connectivity index (χ0) is 11.5. The average Bonchev–Trinajstić information content (AvgIpc) is 2.82. The first-order chi connectivity index (χ1) is 7.72. The lowest BCUT2D eigenvalue weighted by atomic mass is 10.1. The van der Waals surface area contributed by atoms with Gasteiger partial charge in [-0.25, -0.2) is 4.39 Å². The summed E-state index contributed by atoms with van der Waals surface area (Å²) in [7, 11) is 1.46. The van der Waals surface area contributed by atoms with E-state index < -0.39 is 11.7 Å². The molecule has 2 aromatic rings. The molecular weight excluding hydrogens is 209 g/mol. The van der Waals surface area contributed by atoms with Gasteiger partial charge >= 0.3 is 0 Å². The molecule has 4 heteroatoms. The number of amides is 1. The molecule has 0 saturated carbocycles. The van der Waals surface area contributed by atoms with Gasteiger partial charge in [0.1, 0.15) is 11.6 Å². The van der Waals surface area contributed by atoms with Crippen molar-refractivity contribution in [1.82, 2.24) is 5.32 Å². The summed E-state index contributed by atoms with van der Waals surface area (Å²) in [6, 6.07) is 7.77. The highest BCUT2D eigenvalue weighted by atomic mass is 19.1. The zero-order valence-corrected chi connectivity index (χ0v) is 8.66. The van der Waals surface area contributed by atoms with Gasteiger partial charge in [0.2, 0.25) is 0 Å². The van der Waals surface area contributed by atoms with E-state index in [9.17, 15) is 9.18 Å². The Bertz CT molecular complexity index is 506. The largest absolute Gasteiger partial charge is 0.464 e. The molecule has 1 N–H and O–H groups in total. The maximum Gasteiger partial charge on any atom is 0.254 e. The number of carbonyl (C=O) groups is 1. The minimum absolute atomic E-state index is 0.0106. The number of nitrogens with one attached hydrogen (secondary N) is 1. The molecule has 0 saturated heterocycles. The summed E-state index contributed by atoms with van der Waals surface area (Å²) < 4.78 is 18.5. The summed E-state index contributed by atoms with van der Waals surface area (Å²) >= 11 is 0. The molecular formula is C12H10FNO2. The van der Waals surface area contributed by atoms with Crippen molar-refractivity contribution in [2.45, 2.75) is 0 Å². The molecule has 82 valence electrons. The van der Waals surface area contributed by atoms with E-state index in [2.05, 4.69) is 5.32 Å². The molecule has 1 amide bonds. The number of carbonyl (C=O) groups excluding carboxylic acids is 1. The minimum atomic E-state index is -0.547. The molecule has 0 atom stereocenters. The van der Waals surface area contributed by atoms with Gasteiger partial charge in [-0.2, -0.15) is 0 Å². The van der Waals surface area contributed by atoms with Gasteiger partial charge in [-0.05, 0) is 30.3 Å². The Kier molecular flexibility index (Phi) is 2.72. The van der Waals surface area contributed by atoms with Gasteiger partial charge in [0.05, 0.1) is 11.8 Å². The van der Waals surface area contributed by atoms with Crippen molar-refractivity contribution in [3.05, 3.63) is 48.0 Å². The van der Waals surface area contributed by atoms with Crippen LogP contribution in [0.4, 0.5) is 4.39 Å². The molecule has 0 aliphatic rings. The SMILES string of the molecule is CNC(=O)c1cc(-c2ccco2)ccc1F. The predicted octanol–water partition coefficient (Wildman–Crippen LogP) is 2.45. The maximum atomic E-state index is 13.4. The van der Waals surface area contributed by atoms with Crippen LogP contribution < -0.4 is 5.32 Å². The average molecular weight is 219 g/mol. The quantitative estimate of drug-likeness (QED) is 0.842. The fraction of sp³-hybridized carbons (Fsp3) is 0.0833. The summed E-state index contributed by atoms with van der Waals surface area (Å²) in [6.45, 7) is 0. The summed E-state index contributed by atoms with van der Waals surface area (Å²) in [4.78, 5) is 11.4. The van der Waals surface area contributed by atoms with E-state index in [0.717, 1.165) is 0 Å². The maximum absolute atomic E-state index is 13.4. The van der Waals surface area contributed by atoms with Crippen molar-refractivity contribution < 1.29 is 13.6 Å². The van der Waals surface area contributed by atoms with Crippen LogP contribution in [0.15, 0.2) is 41.0 Å². The topological polar surface area (TPSA) is 42.2 Å². The van der Waals surface area contributed by atoms with Crippen LogP contribution in [0, 0.1) is 5.82 Å². The van der Waals surface area contributed by atoms with Gasteiger partial charge < -0.3 is 9.73 Å². The summed E-state index contributed by atoms with van der Waals surface area (Å²) in [5.41, 5.74) is 0.682. The number of rotatable bonds is 2. The molecule has 1 aromatic carbocycles. The van der Waals surface area contributed by atoms with E-state index in [0.29, 0.717) is 11.3 Å². The van der Waals surface area contributed by atoms with Crippen molar-refractivity contribution in [2.75, 3.05) is 7.05 Å². The van der Waals surface area contributed by atoms with Crippen LogP contribution in [0.5, 0.6) is 0 Å². The van der Waals surface area contributed by atoms with Crippen molar-refractivity contribution in [1.29, 1.82) is 0 Å². The van der Waals surface area contributed by atoms with Gasteiger partial charge in [0, 0.05) is 12.6 Å². The highest BCUT2D eigenvalue weighted by molar-refractivity contribution is 5.95. The molecule has 1 aromatic heterocycles. The highest BCUT2D eigenvalue weighted by Crippen LogP contribution is 2.22. The Balaban J connectivity index is 2.47. The van der Waals surface area contributed by atoms with Crippen molar-refractivity contribution >= 4 is 5.91 Å². The number of furan rings is 1. The first-order valence-electron chi connectivity index (χ1n) is 4.78. The molecule has 0 fully saturated rings. The van der Waals surface area contributed by atoms with Crippen molar-refractivity contribution in [3.8, 4) is 11.3 Å². The second-order valence-corrected chi connectivity index (χ2v) is 3.25. The molecule has 0 radical (unpaired) electrons. The first kappa shape index (κ1) is 10.4. The third-order valence-corrected chi connectivity index (χ3v) is 2.24. The summed E-state index contributed by atoms with van der Waals surface area (Å²) in [5, 5.41) is 2.39. The molecule has 3 nitrogen and oxygen atoms in total. The Morgan fingerprint density at radius 2 is 2.19 bits per heavy atom. The van der Waals surface area contributed by atoms with E-state index in [4.69, 9.17) is 4.42 Å². The van der Waals surface area contributed by atoms with Crippen LogP contribution in [0.1, 0.15) is 10.4 Å². The number of hydrogen-bond donors (Lipinski definition) is 1. The number of halogens is 1. The fourth-order valence-corrected chi connectivity index (χ4v) is 1.43. The Morgan fingerprint density at radius 3 is 2.81 bits per heavy atom. The lowest BCUT2D eigenvalue weighted by Crippen LogP contribution is -2.19. The monoisotopic (exact) mass is 219 g/mol. The molecule has 0 aliphatic heterocycles. The Labute approximate surface area is 91.9 Å². The van der Waals surface area contributed by atoms with E-state index in [1.807, 2.05) is 0 Å². The van der Waals surface area contributed by atoms with E-state index in [1.54, 1.807) is 18.2 Å². The molecule has 0 unspecified atom stereocenters. The van der Waals surface area contributed by atoms with Crippen molar-refractivity contribution in [2.24, 2.45) is 0 Å². The predicted molar refractivity (Wildman–Crippen MR) is 57.5 cm³/mol. The zero-order valence-electron chi connectivity index (χ0n) is 8.66. The molecule has 2 rings (SSSR count). The molecule has 16 heavy (non-hydrogen) atoms. The molecule has 0 spiro atoms. The van der Waals surface area contributed by atoms with E-state index >= 15 is 0 Å². The number of benzene rings is 1. The first-order valence-corrected chi connectivity index (χ1v) is 4.78. The van der Waals surface area contributed by atoms with E-state index in [1.165, 1.54) is 25.4 Å². The number of hydrogen-bond acceptors (Lipinski definition) is 2. The third kappa shape index (κ3) is 1.82. The van der Waals surface area contributed by atoms with E-state index in [-0.39, 0.29) is 5.56 Å². The molecule has 0 bridgehead atoms. The Hall–Kier alpha value is -2.10. The van der Waals surface area contributed by atoms with Gasteiger partial charge in [0.15, 0.2) is 0 Å².